The Kier molecular flexibility index (Phi) is 8.70. The molecule has 11 heteroatoms. The molecule has 0 saturated heterocycles. The molecule has 0 unspecified atom stereocenters. The molecule has 208 valence electrons. The van der Waals surface area contributed by atoms with Crippen molar-refractivity contribution in [3.8, 4) is 17.2 Å². The molecule has 0 aliphatic heterocycles. The average molecular weight is 561 g/mol. The van der Waals surface area contributed by atoms with Gasteiger partial charge in [0.15, 0.2) is 0 Å². The van der Waals surface area contributed by atoms with E-state index in [0.29, 0.717) is 28.4 Å². The summed E-state index contributed by atoms with van der Waals surface area (Å²) in [6.45, 7) is 0. The molecule has 0 radical (unpaired) electrons. The van der Waals surface area contributed by atoms with E-state index in [0.717, 1.165) is 30.6 Å². The monoisotopic (exact) mass is 560 g/mol. The van der Waals surface area contributed by atoms with Crippen LogP contribution in [0.4, 0.5) is 5.69 Å². The van der Waals surface area contributed by atoms with Crippen molar-refractivity contribution >= 4 is 28.8 Å². The molecule has 2 heterocycles. The zero-order chi connectivity index (χ0) is 27.9. The Morgan fingerprint density at radius 3 is 2.62 bits per heavy atom. The second-order valence-corrected chi connectivity index (χ2v) is 10.7. The Bertz CT molecular complexity index is 1420. The minimum atomic E-state index is -0.937. The van der Waals surface area contributed by atoms with E-state index in [9.17, 15) is 9.59 Å². The van der Waals surface area contributed by atoms with Crippen LogP contribution in [0.5, 0.6) is 11.5 Å². The number of amides is 2. The standard InChI is InChI=1S/C29H32N6O4S/c1-38-23-11-6-8-20(16-23)28(29(37)31-21-9-4-3-5-10-21)35(27(36)18-24-12-7-15-40-24)22-13-14-25(26(17-22)39-2)34-19-30-32-33-34/h6-8,11-17,19,21,28H,3-5,9-10,18H2,1-2H3,(H,31,37)/t28-/m0/s1. The van der Waals surface area contributed by atoms with Crippen molar-refractivity contribution in [1.82, 2.24) is 25.5 Å². The van der Waals surface area contributed by atoms with Gasteiger partial charge in [-0.15, -0.1) is 16.4 Å². The van der Waals surface area contributed by atoms with Crippen molar-refractivity contribution in [3.63, 3.8) is 0 Å². The van der Waals surface area contributed by atoms with Crippen LogP contribution in [0.15, 0.2) is 66.3 Å². The SMILES string of the molecule is COc1cccc([C@@H](C(=O)NC2CCCCC2)N(C(=O)Cc2cccs2)c2ccc(-n3cnnn3)c(OC)c2)c1. The summed E-state index contributed by atoms with van der Waals surface area (Å²) < 4.78 is 12.6. The smallest absolute Gasteiger partial charge is 0.248 e. The molecule has 2 amide bonds. The number of ether oxygens (including phenoxy) is 2. The molecule has 1 atom stereocenters. The lowest BCUT2D eigenvalue weighted by Gasteiger charge is -2.34. The van der Waals surface area contributed by atoms with Crippen molar-refractivity contribution in [3.05, 3.63) is 76.7 Å². The lowest BCUT2D eigenvalue weighted by atomic mass is 9.94. The highest BCUT2D eigenvalue weighted by molar-refractivity contribution is 7.10. The maximum absolute atomic E-state index is 14.1. The summed E-state index contributed by atoms with van der Waals surface area (Å²) in [6.07, 6.45) is 6.78. The molecule has 2 aromatic carbocycles. The lowest BCUT2D eigenvalue weighted by Crippen LogP contribution is -2.47. The first-order chi connectivity index (χ1) is 19.6. The lowest BCUT2D eigenvalue weighted by molar-refractivity contribution is -0.127. The van der Waals surface area contributed by atoms with E-state index in [2.05, 4.69) is 20.8 Å². The Morgan fingerprint density at radius 1 is 1.07 bits per heavy atom. The molecular weight excluding hydrogens is 528 g/mol. The number of methoxy groups -OCH3 is 2. The number of aromatic nitrogens is 4. The van der Waals surface area contributed by atoms with Gasteiger partial charge in [-0.2, -0.15) is 4.68 Å². The fourth-order valence-corrected chi connectivity index (χ4v) is 5.81. The summed E-state index contributed by atoms with van der Waals surface area (Å²) >= 11 is 1.50. The van der Waals surface area contributed by atoms with E-state index in [1.54, 1.807) is 37.3 Å². The van der Waals surface area contributed by atoms with Gasteiger partial charge in [-0.05, 0) is 64.5 Å². The van der Waals surface area contributed by atoms with Gasteiger partial charge in [0, 0.05) is 22.7 Å². The van der Waals surface area contributed by atoms with Crippen LogP contribution in [-0.2, 0) is 16.0 Å². The van der Waals surface area contributed by atoms with Crippen LogP contribution in [-0.4, -0.2) is 52.3 Å². The molecule has 0 bridgehead atoms. The van der Waals surface area contributed by atoms with E-state index in [1.807, 2.05) is 41.8 Å². The van der Waals surface area contributed by atoms with Gasteiger partial charge in [-0.25, -0.2) is 0 Å². The summed E-state index contributed by atoms with van der Waals surface area (Å²) in [5, 5.41) is 16.6. The first-order valence-electron chi connectivity index (χ1n) is 13.3. The van der Waals surface area contributed by atoms with Crippen LogP contribution in [0.1, 0.15) is 48.6 Å². The van der Waals surface area contributed by atoms with Gasteiger partial charge >= 0.3 is 0 Å². The van der Waals surface area contributed by atoms with E-state index >= 15 is 0 Å². The molecule has 2 aromatic heterocycles. The van der Waals surface area contributed by atoms with Crippen LogP contribution in [0, 0.1) is 0 Å². The van der Waals surface area contributed by atoms with Crippen molar-refractivity contribution in [2.45, 2.75) is 50.6 Å². The van der Waals surface area contributed by atoms with Crippen molar-refractivity contribution in [1.29, 1.82) is 0 Å². The van der Waals surface area contributed by atoms with Crippen molar-refractivity contribution in [2.75, 3.05) is 19.1 Å². The van der Waals surface area contributed by atoms with Crippen molar-refractivity contribution < 1.29 is 19.1 Å². The Hall–Kier alpha value is -4.25. The predicted molar refractivity (Wildman–Crippen MR) is 152 cm³/mol. The number of anilines is 1. The normalized spacial score (nSPS) is 14.3. The molecule has 1 fully saturated rings. The van der Waals surface area contributed by atoms with E-state index < -0.39 is 6.04 Å². The molecule has 1 aliphatic carbocycles. The highest BCUT2D eigenvalue weighted by Gasteiger charge is 2.35. The first-order valence-corrected chi connectivity index (χ1v) is 14.2. The topological polar surface area (TPSA) is 111 Å². The molecule has 1 N–H and O–H groups in total. The third-order valence-corrected chi connectivity index (χ3v) is 7.96. The van der Waals surface area contributed by atoms with Gasteiger partial charge in [0.1, 0.15) is 29.6 Å². The van der Waals surface area contributed by atoms with Crippen LogP contribution < -0.4 is 19.7 Å². The fraction of sp³-hybridized carbons (Fsp3) is 0.345. The number of rotatable bonds is 10. The number of nitrogens with zero attached hydrogens (tertiary/aromatic N) is 5. The maximum Gasteiger partial charge on any atom is 0.248 e. The second-order valence-electron chi connectivity index (χ2n) is 9.65. The summed E-state index contributed by atoms with van der Waals surface area (Å²) in [5.74, 6) is 0.607. The fourth-order valence-electron chi connectivity index (χ4n) is 5.12. The zero-order valence-electron chi connectivity index (χ0n) is 22.5. The Balaban J connectivity index is 1.61. The van der Waals surface area contributed by atoms with Gasteiger partial charge in [-0.1, -0.05) is 37.5 Å². The summed E-state index contributed by atoms with van der Waals surface area (Å²) in [7, 11) is 3.12. The van der Waals surface area contributed by atoms with E-state index in [-0.39, 0.29) is 24.3 Å². The van der Waals surface area contributed by atoms with Gasteiger partial charge < -0.3 is 14.8 Å². The van der Waals surface area contributed by atoms with Gasteiger partial charge in [0.05, 0.1) is 20.6 Å². The number of hydrogen-bond donors (Lipinski definition) is 1. The summed E-state index contributed by atoms with van der Waals surface area (Å²) in [5.41, 5.74) is 1.77. The number of tetrazole rings is 1. The predicted octanol–water partition coefficient (Wildman–Crippen LogP) is 4.51. The highest BCUT2D eigenvalue weighted by Crippen LogP contribution is 2.35. The first kappa shape index (κ1) is 27.3. The number of carbonyl (C=O) groups excluding carboxylic acids is 2. The van der Waals surface area contributed by atoms with Gasteiger partial charge in [0.2, 0.25) is 11.8 Å². The molecule has 1 aliphatic rings. The minimum Gasteiger partial charge on any atom is -0.497 e. The third kappa shape index (κ3) is 6.15. The summed E-state index contributed by atoms with van der Waals surface area (Å²) in [6, 6.07) is 15.6. The van der Waals surface area contributed by atoms with Crippen LogP contribution in [0.25, 0.3) is 5.69 Å². The van der Waals surface area contributed by atoms with Crippen molar-refractivity contribution in [2.24, 2.45) is 0 Å². The Labute approximate surface area is 236 Å². The molecule has 40 heavy (non-hydrogen) atoms. The van der Waals surface area contributed by atoms with Crippen LogP contribution >= 0.6 is 11.3 Å². The maximum atomic E-state index is 14.1. The minimum absolute atomic E-state index is 0.0698. The summed E-state index contributed by atoms with van der Waals surface area (Å²) in [4.78, 5) is 30.7. The average Bonchev–Trinajstić information content (AvgIpc) is 3.71. The molecule has 1 saturated carbocycles. The number of benzene rings is 2. The molecule has 5 rings (SSSR count). The van der Waals surface area contributed by atoms with Crippen LogP contribution in [0.2, 0.25) is 0 Å². The largest absolute Gasteiger partial charge is 0.497 e. The molecular formula is C29H32N6O4S. The zero-order valence-corrected chi connectivity index (χ0v) is 23.3. The highest BCUT2D eigenvalue weighted by atomic mass is 32.1. The van der Waals surface area contributed by atoms with Crippen LogP contribution in [0.3, 0.4) is 0 Å². The van der Waals surface area contributed by atoms with Gasteiger partial charge in [-0.3, -0.25) is 14.5 Å². The number of nitrogens with one attached hydrogen (secondary N) is 1. The third-order valence-electron chi connectivity index (χ3n) is 7.08. The Morgan fingerprint density at radius 2 is 1.93 bits per heavy atom. The van der Waals surface area contributed by atoms with E-state index in [4.69, 9.17) is 9.47 Å². The molecule has 10 nitrogen and oxygen atoms in total. The van der Waals surface area contributed by atoms with E-state index in [1.165, 1.54) is 28.8 Å². The quantitative estimate of drug-likeness (QED) is 0.304. The number of thiophene rings is 1. The number of hydrogen-bond acceptors (Lipinski definition) is 8. The second kappa shape index (κ2) is 12.7. The molecule has 0 spiro atoms. The number of carbonyl (C=O) groups is 2. The van der Waals surface area contributed by atoms with Gasteiger partial charge in [0.25, 0.3) is 0 Å². The molecule has 4 aromatic rings.